The Bertz CT molecular complexity index is 780. The van der Waals surface area contributed by atoms with Gasteiger partial charge in [-0.25, -0.2) is 0 Å². The quantitative estimate of drug-likeness (QED) is 0.832. The molecule has 3 rings (SSSR count). The molecule has 0 unspecified atom stereocenters. The van der Waals surface area contributed by atoms with E-state index in [9.17, 15) is 10.1 Å². The van der Waals surface area contributed by atoms with E-state index in [1.165, 1.54) is 0 Å². The minimum absolute atomic E-state index is 0.0163. The number of hydrogen-bond acceptors (Lipinski definition) is 7. The van der Waals surface area contributed by atoms with Gasteiger partial charge < -0.3 is 11.1 Å². The minimum atomic E-state index is -1.01. The number of nitrogens with one attached hydrogen (secondary N) is 1. The molecule has 1 atom stereocenters. The van der Waals surface area contributed by atoms with Crippen LogP contribution in [-0.4, -0.2) is 20.7 Å². The van der Waals surface area contributed by atoms with Crippen LogP contribution in [0.4, 0.5) is 17.6 Å². The number of carbonyl (C=O) groups is 1. The highest BCUT2D eigenvalue weighted by Crippen LogP contribution is 2.30. The number of anilines is 3. The first-order valence-electron chi connectivity index (χ1n) is 8.41. The Morgan fingerprint density at radius 2 is 1.96 bits per heavy atom. The summed E-state index contributed by atoms with van der Waals surface area (Å²) in [5.41, 5.74) is 6.53. The van der Waals surface area contributed by atoms with Gasteiger partial charge in [0.2, 0.25) is 11.9 Å². The number of benzene rings is 1. The summed E-state index contributed by atoms with van der Waals surface area (Å²) in [4.78, 5) is 24.8. The molecule has 7 nitrogen and oxygen atoms in total. The Balaban J connectivity index is 1.79. The topological polar surface area (TPSA) is 118 Å². The third-order valence-corrected chi connectivity index (χ3v) is 4.37. The van der Waals surface area contributed by atoms with Crippen LogP contribution in [-0.2, 0) is 4.79 Å². The van der Waals surface area contributed by atoms with E-state index in [2.05, 4.69) is 20.3 Å². The number of para-hydroxylation sites is 1. The number of carbonyl (C=O) groups excluding carboxylic acids is 1. The maximum absolute atomic E-state index is 12.5. The molecule has 2 aromatic rings. The molecule has 3 N–H and O–H groups in total. The largest absolute Gasteiger partial charge is 0.368 e. The average Bonchev–Trinajstić information content (AvgIpc) is 3.09. The second kappa shape index (κ2) is 7.71. The summed E-state index contributed by atoms with van der Waals surface area (Å²) >= 11 is 0. The van der Waals surface area contributed by atoms with Gasteiger partial charge >= 0.3 is 0 Å². The smallest absolute Gasteiger partial charge is 0.232 e. The summed E-state index contributed by atoms with van der Waals surface area (Å²) in [6.45, 7) is 0. The third-order valence-electron chi connectivity index (χ3n) is 4.37. The van der Waals surface area contributed by atoms with Gasteiger partial charge in [0, 0.05) is 12.1 Å². The third kappa shape index (κ3) is 4.29. The molecule has 0 amide bonds. The van der Waals surface area contributed by atoms with Crippen molar-refractivity contribution in [2.45, 2.75) is 38.0 Å². The number of nitrogens with two attached hydrogens (primary N) is 1. The number of nitrogen functional groups attached to an aromatic ring is 1. The lowest BCUT2D eigenvalue weighted by molar-refractivity contribution is -0.120. The van der Waals surface area contributed by atoms with Gasteiger partial charge in [-0.15, -0.1) is 0 Å². The number of Topliss-reactive ketones (excluding diaryl/α,β-unsaturated/α-hetero) is 1. The van der Waals surface area contributed by atoms with E-state index in [1.807, 2.05) is 36.4 Å². The van der Waals surface area contributed by atoms with Crippen LogP contribution >= 0.6 is 0 Å². The molecule has 128 valence electrons. The van der Waals surface area contributed by atoms with E-state index in [4.69, 9.17) is 5.73 Å². The van der Waals surface area contributed by atoms with Crippen LogP contribution in [0.1, 0.15) is 43.8 Å². The van der Waals surface area contributed by atoms with Gasteiger partial charge in [-0.1, -0.05) is 43.9 Å². The van der Waals surface area contributed by atoms with Crippen molar-refractivity contribution in [1.82, 2.24) is 15.0 Å². The van der Waals surface area contributed by atoms with Crippen LogP contribution in [0.2, 0.25) is 0 Å². The summed E-state index contributed by atoms with van der Waals surface area (Å²) in [6, 6.07) is 11.4. The summed E-state index contributed by atoms with van der Waals surface area (Å²) in [7, 11) is 0. The maximum Gasteiger partial charge on any atom is 0.232 e. The molecule has 0 radical (unpaired) electrons. The van der Waals surface area contributed by atoms with Gasteiger partial charge in [0.15, 0.2) is 17.5 Å². The van der Waals surface area contributed by atoms with Crippen molar-refractivity contribution >= 4 is 23.4 Å². The second-order valence-corrected chi connectivity index (χ2v) is 6.25. The Morgan fingerprint density at radius 1 is 1.24 bits per heavy atom. The van der Waals surface area contributed by atoms with Crippen molar-refractivity contribution < 1.29 is 4.79 Å². The highest BCUT2D eigenvalue weighted by atomic mass is 16.1. The van der Waals surface area contributed by atoms with E-state index in [0.717, 1.165) is 31.4 Å². The van der Waals surface area contributed by atoms with E-state index in [0.29, 0.717) is 12.3 Å². The summed E-state index contributed by atoms with van der Waals surface area (Å²) in [6.07, 6.45) is 4.79. The van der Waals surface area contributed by atoms with Crippen molar-refractivity contribution in [1.29, 1.82) is 5.26 Å². The fourth-order valence-electron chi connectivity index (χ4n) is 3.14. The van der Waals surface area contributed by atoms with E-state index < -0.39 is 5.92 Å². The number of nitrogens with zero attached hydrogens (tertiary/aromatic N) is 4. The first kappa shape index (κ1) is 16.8. The lowest BCUT2D eigenvalue weighted by atomic mass is 9.93. The Morgan fingerprint density at radius 3 is 2.64 bits per heavy atom. The highest BCUT2D eigenvalue weighted by Gasteiger charge is 2.28. The van der Waals surface area contributed by atoms with Gasteiger partial charge in [-0.3, -0.25) is 4.79 Å². The molecular formula is C18H20N6O. The van der Waals surface area contributed by atoms with Gasteiger partial charge in [-0.05, 0) is 18.1 Å². The van der Waals surface area contributed by atoms with Crippen LogP contribution in [0, 0.1) is 17.2 Å². The van der Waals surface area contributed by atoms with Gasteiger partial charge in [0.05, 0.1) is 6.07 Å². The zero-order valence-corrected chi connectivity index (χ0v) is 13.9. The number of rotatable bonds is 6. The fraction of sp³-hybridized carbons (Fsp3) is 0.389. The predicted molar refractivity (Wildman–Crippen MR) is 93.9 cm³/mol. The molecule has 0 bridgehead atoms. The standard InChI is InChI=1S/C18H20N6O/c19-11-14(15(25)10-12-6-4-5-7-12)16-22-17(20)24-18(23-16)21-13-8-2-1-3-9-13/h1-3,8-9,12,14H,4-7,10H2,(H3,20,21,22,23,24)/t14-/m1/s1. The van der Waals surface area contributed by atoms with Crippen molar-refractivity contribution in [2.24, 2.45) is 5.92 Å². The molecule has 0 saturated heterocycles. The molecule has 1 aliphatic rings. The zero-order valence-electron chi connectivity index (χ0n) is 13.9. The van der Waals surface area contributed by atoms with Crippen LogP contribution in [0.15, 0.2) is 30.3 Å². The van der Waals surface area contributed by atoms with Crippen LogP contribution in [0.3, 0.4) is 0 Å². The van der Waals surface area contributed by atoms with E-state index in [-0.39, 0.29) is 23.5 Å². The Kier molecular flexibility index (Phi) is 5.19. The first-order valence-corrected chi connectivity index (χ1v) is 8.41. The van der Waals surface area contributed by atoms with Gasteiger partial charge in [-0.2, -0.15) is 20.2 Å². The molecule has 1 saturated carbocycles. The fourth-order valence-corrected chi connectivity index (χ4v) is 3.14. The average molecular weight is 336 g/mol. The van der Waals surface area contributed by atoms with Gasteiger partial charge in [0.1, 0.15) is 0 Å². The Hall–Kier alpha value is -3.01. The molecule has 25 heavy (non-hydrogen) atoms. The van der Waals surface area contributed by atoms with Crippen molar-refractivity contribution in [3.05, 3.63) is 36.2 Å². The molecule has 7 heteroatoms. The maximum atomic E-state index is 12.5. The first-order chi connectivity index (χ1) is 12.2. The van der Waals surface area contributed by atoms with E-state index >= 15 is 0 Å². The molecule has 1 fully saturated rings. The normalized spacial score (nSPS) is 15.5. The summed E-state index contributed by atoms with van der Waals surface area (Å²) in [5.74, 6) is -0.478. The second-order valence-electron chi connectivity index (χ2n) is 6.25. The number of ketones is 1. The number of nitriles is 1. The monoisotopic (exact) mass is 336 g/mol. The summed E-state index contributed by atoms with van der Waals surface area (Å²) < 4.78 is 0. The lowest BCUT2D eigenvalue weighted by Gasteiger charge is -2.12. The zero-order chi connectivity index (χ0) is 17.6. The van der Waals surface area contributed by atoms with Crippen LogP contribution < -0.4 is 11.1 Å². The van der Waals surface area contributed by atoms with Crippen molar-refractivity contribution in [2.75, 3.05) is 11.1 Å². The molecular weight excluding hydrogens is 316 g/mol. The lowest BCUT2D eigenvalue weighted by Crippen LogP contribution is -2.18. The SMILES string of the molecule is N#C[C@H](C(=O)CC1CCCC1)c1nc(N)nc(Nc2ccccc2)n1. The van der Waals surface area contributed by atoms with E-state index in [1.54, 1.807) is 0 Å². The van der Waals surface area contributed by atoms with Crippen LogP contribution in [0.25, 0.3) is 0 Å². The molecule has 1 aromatic carbocycles. The molecule has 1 heterocycles. The van der Waals surface area contributed by atoms with Crippen LogP contribution in [0.5, 0.6) is 0 Å². The highest BCUT2D eigenvalue weighted by molar-refractivity contribution is 5.87. The number of aromatic nitrogens is 3. The molecule has 0 spiro atoms. The summed E-state index contributed by atoms with van der Waals surface area (Å²) in [5, 5.41) is 12.5. The van der Waals surface area contributed by atoms with Crippen molar-refractivity contribution in [3.63, 3.8) is 0 Å². The molecule has 0 aliphatic heterocycles. The molecule has 1 aromatic heterocycles. The number of hydrogen-bond donors (Lipinski definition) is 2. The van der Waals surface area contributed by atoms with Gasteiger partial charge in [0.25, 0.3) is 0 Å². The molecule has 1 aliphatic carbocycles. The predicted octanol–water partition coefficient (Wildman–Crippen LogP) is 2.95. The Labute approximate surface area is 146 Å². The minimum Gasteiger partial charge on any atom is -0.368 e. The van der Waals surface area contributed by atoms with Crippen molar-refractivity contribution in [3.8, 4) is 6.07 Å².